The van der Waals surface area contributed by atoms with E-state index in [9.17, 15) is 0 Å². The highest BCUT2D eigenvalue weighted by Crippen LogP contribution is 2.23. The van der Waals surface area contributed by atoms with Crippen molar-refractivity contribution in [2.75, 3.05) is 0 Å². The van der Waals surface area contributed by atoms with Gasteiger partial charge in [0.15, 0.2) is 11.7 Å². The molecule has 3 aromatic rings. The van der Waals surface area contributed by atoms with E-state index >= 15 is 0 Å². The molecule has 0 N–H and O–H groups in total. The molecule has 0 aliphatic heterocycles. The number of nitrogens with zero attached hydrogens (tertiary/aromatic N) is 1. The van der Waals surface area contributed by atoms with Gasteiger partial charge < -0.3 is 0 Å². The number of pyridine rings is 1. The summed E-state index contributed by atoms with van der Waals surface area (Å²) in [6.07, 6.45) is 2.26. The highest BCUT2D eigenvalue weighted by atomic mass is 15.0. The van der Waals surface area contributed by atoms with Gasteiger partial charge in [-0.1, -0.05) is 30.3 Å². The van der Waals surface area contributed by atoms with Crippen LogP contribution in [0, 0.1) is 0 Å². The largest absolute Gasteiger partial charge is 0.213 e. The van der Waals surface area contributed by atoms with Crippen molar-refractivity contribution >= 4 is 21.7 Å². The fourth-order valence-electron chi connectivity index (χ4n) is 2.53. The highest BCUT2D eigenvalue weighted by Gasteiger charge is 2.25. The molecule has 18 heavy (non-hydrogen) atoms. The predicted molar refractivity (Wildman–Crippen MR) is 76.6 cm³/mol. The van der Waals surface area contributed by atoms with Crippen LogP contribution >= 0.6 is 0 Å². The summed E-state index contributed by atoms with van der Waals surface area (Å²) in [7, 11) is 0. The summed E-state index contributed by atoms with van der Waals surface area (Å²) in [5, 5.41) is 3.95. The van der Waals surface area contributed by atoms with E-state index in [1.807, 2.05) is 0 Å². The summed E-state index contributed by atoms with van der Waals surface area (Å²) >= 11 is 0. The monoisotopic (exact) mass is 236 g/mol. The number of hydrogen-bond acceptors (Lipinski definition) is 0. The lowest BCUT2D eigenvalue weighted by Crippen LogP contribution is -2.50. The Morgan fingerprint density at radius 2 is 1.39 bits per heavy atom. The van der Waals surface area contributed by atoms with Crippen molar-refractivity contribution in [3.63, 3.8) is 0 Å². The van der Waals surface area contributed by atoms with Crippen LogP contribution in [0.5, 0.6) is 0 Å². The average molecular weight is 236 g/mol. The van der Waals surface area contributed by atoms with Crippen molar-refractivity contribution in [3.05, 3.63) is 54.7 Å². The first kappa shape index (κ1) is 11.2. The molecule has 0 aliphatic carbocycles. The van der Waals surface area contributed by atoms with Gasteiger partial charge >= 0.3 is 0 Å². The maximum Gasteiger partial charge on any atom is 0.213 e. The van der Waals surface area contributed by atoms with E-state index in [1.54, 1.807) is 0 Å². The minimum absolute atomic E-state index is 0.0869. The van der Waals surface area contributed by atoms with E-state index in [0.29, 0.717) is 0 Å². The van der Waals surface area contributed by atoms with Gasteiger partial charge in [-0.2, -0.15) is 4.57 Å². The maximum atomic E-state index is 2.37. The lowest BCUT2D eigenvalue weighted by Gasteiger charge is -2.16. The lowest BCUT2D eigenvalue weighted by atomic mass is 10.0. The number of benzene rings is 2. The first-order chi connectivity index (χ1) is 8.57. The second-order valence-electron chi connectivity index (χ2n) is 5.77. The standard InChI is InChI=1S/C17H18N/c1-17(2,3)18-12-13-8-4-5-9-14(13)15-10-6-7-11-16(15)18/h4-12H,1-3H3/q+1. The van der Waals surface area contributed by atoms with Crippen LogP contribution in [0.1, 0.15) is 20.8 Å². The van der Waals surface area contributed by atoms with E-state index in [1.165, 1.54) is 21.7 Å². The molecule has 0 unspecified atom stereocenters. The third kappa shape index (κ3) is 1.67. The molecule has 0 aliphatic rings. The molecule has 0 bridgehead atoms. The Morgan fingerprint density at radius 3 is 2.11 bits per heavy atom. The molecule has 0 saturated carbocycles. The predicted octanol–water partition coefficient (Wildman–Crippen LogP) is 4.04. The normalized spacial score (nSPS) is 12.2. The Morgan fingerprint density at radius 1 is 0.778 bits per heavy atom. The average Bonchev–Trinajstić information content (AvgIpc) is 2.37. The van der Waals surface area contributed by atoms with Gasteiger partial charge in [0.1, 0.15) is 0 Å². The highest BCUT2D eigenvalue weighted by molar-refractivity contribution is 6.03. The van der Waals surface area contributed by atoms with E-state index in [0.717, 1.165) is 0 Å². The van der Waals surface area contributed by atoms with Crippen LogP contribution in [-0.4, -0.2) is 0 Å². The first-order valence-corrected chi connectivity index (χ1v) is 6.40. The fourth-order valence-corrected chi connectivity index (χ4v) is 2.53. The number of rotatable bonds is 0. The molecular weight excluding hydrogens is 218 g/mol. The summed E-state index contributed by atoms with van der Waals surface area (Å²) < 4.78 is 2.37. The van der Waals surface area contributed by atoms with Crippen LogP contribution in [0.15, 0.2) is 54.7 Å². The smallest absolute Gasteiger partial charge is 0.193 e. The molecule has 0 fully saturated rings. The summed E-state index contributed by atoms with van der Waals surface area (Å²) in [6.45, 7) is 6.73. The first-order valence-electron chi connectivity index (χ1n) is 6.40. The van der Waals surface area contributed by atoms with Gasteiger partial charge in [-0.25, -0.2) is 0 Å². The zero-order valence-corrected chi connectivity index (χ0v) is 11.1. The molecule has 0 amide bonds. The van der Waals surface area contributed by atoms with Gasteiger partial charge in [0.05, 0.1) is 5.39 Å². The Kier molecular flexibility index (Phi) is 2.37. The summed E-state index contributed by atoms with van der Waals surface area (Å²) in [5.41, 5.74) is 1.38. The van der Waals surface area contributed by atoms with Crippen molar-refractivity contribution in [3.8, 4) is 0 Å². The molecule has 1 aromatic heterocycles. The van der Waals surface area contributed by atoms with Gasteiger partial charge in [-0.3, -0.25) is 0 Å². The summed E-state index contributed by atoms with van der Waals surface area (Å²) in [5.74, 6) is 0. The molecule has 1 heteroatoms. The van der Waals surface area contributed by atoms with Gasteiger partial charge in [-0.15, -0.1) is 0 Å². The van der Waals surface area contributed by atoms with E-state index in [-0.39, 0.29) is 5.54 Å². The Balaban J connectivity index is 2.55. The molecule has 0 radical (unpaired) electrons. The molecule has 0 saturated heterocycles. The minimum atomic E-state index is 0.0869. The van der Waals surface area contributed by atoms with E-state index in [2.05, 4.69) is 80.1 Å². The van der Waals surface area contributed by atoms with Crippen LogP contribution < -0.4 is 4.57 Å². The Hall–Kier alpha value is -1.89. The summed E-state index contributed by atoms with van der Waals surface area (Å²) in [6, 6.07) is 17.2. The third-order valence-electron chi connectivity index (χ3n) is 3.41. The van der Waals surface area contributed by atoms with E-state index in [4.69, 9.17) is 0 Å². The third-order valence-corrected chi connectivity index (χ3v) is 3.41. The van der Waals surface area contributed by atoms with Crippen molar-refractivity contribution in [2.24, 2.45) is 0 Å². The van der Waals surface area contributed by atoms with Crippen LogP contribution in [0.3, 0.4) is 0 Å². The minimum Gasteiger partial charge on any atom is -0.193 e. The fraction of sp³-hybridized carbons (Fsp3) is 0.235. The second-order valence-corrected chi connectivity index (χ2v) is 5.77. The number of hydrogen-bond donors (Lipinski definition) is 0. The van der Waals surface area contributed by atoms with Crippen LogP contribution in [-0.2, 0) is 5.54 Å². The zero-order chi connectivity index (χ0) is 12.8. The maximum absolute atomic E-state index is 2.37. The van der Waals surface area contributed by atoms with Crippen molar-refractivity contribution < 1.29 is 4.57 Å². The van der Waals surface area contributed by atoms with Crippen LogP contribution in [0.2, 0.25) is 0 Å². The molecule has 0 spiro atoms. The second kappa shape index (κ2) is 3.81. The zero-order valence-electron chi connectivity index (χ0n) is 11.1. The SMILES string of the molecule is CC(C)(C)[n+]1cc2ccccc2c2ccccc21. The molecule has 0 atom stereocenters. The number of aromatic nitrogens is 1. The van der Waals surface area contributed by atoms with E-state index < -0.39 is 0 Å². The molecule has 1 nitrogen and oxygen atoms in total. The van der Waals surface area contributed by atoms with Gasteiger partial charge in [0.25, 0.3) is 0 Å². The molecule has 1 heterocycles. The molecular formula is C17H18N+. The molecule has 2 aromatic carbocycles. The van der Waals surface area contributed by atoms with Crippen LogP contribution in [0.25, 0.3) is 21.7 Å². The molecule has 3 rings (SSSR count). The Bertz CT molecular complexity index is 720. The van der Waals surface area contributed by atoms with Gasteiger partial charge in [0, 0.05) is 37.6 Å². The lowest BCUT2D eigenvalue weighted by molar-refractivity contribution is -0.729. The molecule has 90 valence electrons. The van der Waals surface area contributed by atoms with Gasteiger partial charge in [0.2, 0.25) is 5.52 Å². The quantitative estimate of drug-likeness (QED) is 0.410. The van der Waals surface area contributed by atoms with Crippen molar-refractivity contribution in [1.82, 2.24) is 0 Å². The van der Waals surface area contributed by atoms with Gasteiger partial charge in [-0.05, 0) is 12.1 Å². The van der Waals surface area contributed by atoms with Crippen molar-refractivity contribution in [1.29, 1.82) is 0 Å². The Labute approximate surface area is 108 Å². The number of fused-ring (bicyclic) bond motifs is 3. The topological polar surface area (TPSA) is 3.88 Å². The van der Waals surface area contributed by atoms with Crippen LogP contribution in [0.4, 0.5) is 0 Å². The number of para-hydroxylation sites is 1. The summed E-state index contributed by atoms with van der Waals surface area (Å²) in [4.78, 5) is 0. The van der Waals surface area contributed by atoms with Crippen molar-refractivity contribution in [2.45, 2.75) is 26.3 Å².